The van der Waals surface area contributed by atoms with E-state index in [4.69, 9.17) is 5.73 Å². The smallest absolute Gasteiger partial charge is 0.236 e. The van der Waals surface area contributed by atoms with E-state index in [1.54, 1.807) is 0 Å². The second kappa shape index (κ2) is 6.52. The standard InChI is InChI=1S/C15H22N4O/c1-3-6-12(16)15(20)17-9-10-19-11(2)18-13-7-4-5-8-14(13)19/h4-5,7-8,12H,3,6,9-10,16H2,1-2H3,(H,17,20)/t12-/m0/s1. The zero-order valence-corrected chi connectivity index (χ0v) is 12.1. The Morgan fingerprint density at radius 3 is 2.95 bits per heavy atom. The second-order valence-corrected chi connectivity index (χ2v) is 4.99. The third kappa shape index (κ3) is 3.17. The maximum Gasteiger partial charge on any atom is 0.236 e. The van der Waals surface area contributed by atoms with E-state index in [1.807, 2.05) is 38.1 Å². The van der Waals surface area contributed by atoms with Gasteiger partial charge in [-0.25, -0.2) is 4.98 Å². The van der Waals surface area contributed by atoms with Crippen LogP contribution in [-0.2, 0) is 11.3 Å². The maximum atomic E-state index is 11.7. The lowest BCUT2D eigenvalue weighted by Crippen LogP contribution is -2.41. The minimum absolute atomic E-state index is 0.0751. The molecule has 1 aromatic carbocycles. The number of hydrogen-bond acceptors (Lipinski definition) is 3. The van der Waals surface area contributed by atoms with Crippen LogP contribution in [0.3, 0.4) is 0 Å². The van der Waals surface area contributed by atoms with Crippen LogP contribution in [-0.4, -0.2) is 28.0 Å². The van der Waals surface area contributed by atoms with Gasteiger partial charge in [-0.3, -0.25) is 4.79 Å². The number of imidazole rings is 1. The third-order valence-corrected chi connectivity index (χ3v) is 3.42. The van der Waals surface area contributed by atoms with Crippen LogP contribution in [0.5, 0.6) is 0 Å². The van der Waals surface area contributed by atoms with Crippen molar-refractivity contribution in [2.75, 3.05) is 6.54 Å². The number of nitrogens with two attached hydrogens (primary N) is 1. The Labute approximate surface area is 119 Å². The third-order valence-electron chi connectivity index (χ3n) is 3.42. The van der Waals surface area contributed by atoms with Crippen LogP contribution >= 0.6 is 0 Å². The van der Waals surface area contributed by atoms with Crippen molar-refractivity contribution >= 4 is 16.9 Å². The monoisotopic (exact) mass is 274 g/mol. The van der Waals surface area contributed by atoms with Crippen molar-refractivity contribution in [3.63, 3.8) is 0 Å². The highest BCUT2D eigenvalue weighted by Crippen LogP contribution is 2.14. The van der Waals surface area contributed by atoms with Gasteiger partial charge in [0.25, 0.3) is 0 Å². The summed E-state index contributed by atoms with van der Waals surface area (Å²) >= 11 is 0. The fraction of sp³-hybridized carbons (Fsp3) is 0.467. The van der Waals surface area contributed by atoms with E-state index >= 15 is 0 Å². The number of rotatable bonds is 6. The number of carbonyl (C=O) groups is 1. The number of hydrogen-bond donors (Lipinski definition) is 2. The van der Waals surface area contributed by atoms with Gasteiger partial charge >= 0.3 is 0 Å². The number of amides is 1. The average Bonchev–Trinajstić information content (AvgIpc) is 2.75. The number of aryl methyl sites for hydroxylation is 1. The molecule has 0 saturated carbocycles. The summed E-state index contributed by atoms with van der Waals surface area (Å²) in [7, 11) is 0. The van der Waals surface area contributed by atoms with E-state index in [-0.39, 0.29) is 5.91 Å². The molecule has 0 aliphatic heterocycles. The van der Waals surface area contributed by atoms with E-state index in [0.29, 0.717) is 13.1 Å². The highest BCUT2D eigenvalue weighted by molar-refractivity contribution is 5.81. The second-order valence-electron chi connectivity index (χ2n) is 4.99. The van der Waals surface area contributed by atoms with Crippen molar-refractivity contribution in [3.8, 4) is 0 Å². The van der Waals surface area contributed by atoms with E-state index in [1.165, 1.54) is 0 Å². The summed E-state index contributed by atoms with van der Waals surface area (Å²) < 4.78 is 2.11. The molecule has 0 aliphatic rings. The number of benzene rings is 1. The van der Waals surface area contributed by atoms with Crippen LogP contribution in [0, 0.1) is 6.92 Å². The number of para-hydroxylation sites is 2. The van der Waals surface area contributed by atoms with Gasteiger partial charge in [-0.2, -0.15) is 0 Å². The molecule has 0 bridgehead atoms. The summed E-state index contributed by atoms with van der Waals surface area (Å²) in [5, 5.41) is 2.88. The molecule has 20 heavy (non-hydrogen) atoms. The Kier molecular flexibility index (Phi) is 4.74. The van der Waals surface area contributed by atoms with Crippen LogP contribution < -0.4 is 11.1 Å². The molecule has 2 aromatic rings. The van der Waals surface area contributed by atoms with Gasteiger partial charge in [0.15, 0.2) is 0 Å². The number of fused-ring (bicyclic) bond motifs is 1. The van der Waals surface area contributed by atoms with Crippen molar-refractivity contribution in [1.29, 1.82) is 0 Å². The van der Waals surface area contributed by atoms with Crippen molar-refractivity contribution in [1.82, 2.24) is 14.9 Å². The Bertz CT molecular complexity index is 591. The Hall–Kier alpha value is -1.88. The molecule has 5 heteroatoms. The molecule has 1 heterocycles. The predicted molar refractivity (Wildman–Crippen MR) is 80.4 cm³/mol. The largest absolute Gasteiger partial charge is 0.353 e. The fourth-order valence-electron chi connectivity index (χ4n) is 2.34. The predicted octanol–water partition coefficient (Wildman–Crippen LogP) is 1.59. The van der Waals surface area contributed by atoms with Crippen molar-refractivity contribution < 1.29 is 4.79 Å². The summed E-state index contributed by atoms with van der Waals surface area (Å²) in [6, 6.07) is 7.61. The summed E-state index contributed by atoms with van der Waals surface area (Å²) in [5.74, 6) is 0.882. The summed E-state index contributed by atoms with van der Waals surface area (Å²) in [4.78, 5) is 16.2. The first kappa shape index (κ1) is 14.5. The lowest BCUT2D eigenvalue weighted by Gasteiger charge is -2.12. The number of aromatic nitrogens is 2. The molecule has 0 fully saturated rings. The normalized spacial score (nSPS) is 12.6. The lowest BCUT2D eigenvalue weighted by molar-refractivity contribution is -0.122. The highest BCUT2D eigenvalue weighted by Gasteiger charge is 2.12. The van der Waals surface area contributed by atoms with Gasteiger partial charge in [-0.15, -0.1) is 0 Å². The molecule has 3 N–H and O–H groups in total. The van der Waals surface area contributed by atoms with E-state index in [9.17, 15) is 4.79 Å². The lowest BCUT2D eigenvalue weighted by atomic mass is 10.2. The number of nitrogens with one attached hydrogen (secondary N) is 1. The van der Waals surface area contributed by atoms with Crippen LogP contribution in [0.15, 0.2) is 24.3 Å². The summed E-state index contributed by atoms with van der Waals surface area (Å²) in [6.07, 6.45) is 1.64. The van der Waals surface area contributed by atoms with Crippen LogP contribution in [0.4, 0.5) is 0 Å². The zero-order valence-electron chi connectivity index (χ0n) is 12.1. The molecule has 1 atom stereocenters. The first-order valence-electron chi connectivity index (χ1n) is 7.08. The van der Waals surface area contributed by atoms with E-state index < -0.39 is 6.04 Å². The van der Waals surface area contributed by atoms with Crippen molar-refractivity contribution in [3.05, 3.63) is 30.1 Å². The molecular formula is C15H22N4O. The Morgan fingerprint density at radius 1 is 1.45 bits per heavy atom. The molecule has 0 spiro atoms. The molecule has 2 rings (SSSR count). The topological polar surface area (TPSA) is 72.9 Å². The van der Waals surface area contributed by atoms with Gasteiger partial charge in [0.05, 0.1) is 17.1 Å². The van der Waals surface area contributed by atoms with Crippen molar-refractivity contribution in [2.24, 2.45) is 5.73 Å². The van der Waals surface area contributed by atoms with Gasteiger partial charge in [0.1, 0.15) is 5.82 Å². The van der Waals surface area contributed by atoms with Crippen LogP contribution in [0.2, 0.25) is 0 Å². The first-order chi connectivity index (χ1) is 9.63. The molecule has 0 radical (unpaired) electrons. The maximum absolute atomic E-state index is 11.7. The highest BCUT2D eigenvalue weighted by atomic mass is 16.2. The first-order valence-corrected chi connectivity index (χ1v) is 7.08. The molecule has 0 saturated heterocycles. The molecule has 108 valence electrons. The molecule has 1 amide bonds. The van der Waals surface area contributed by atoms with Gasteiger partial charge in [-0.1, -0.05) is 25.5 Å². The van der Waals surface area contributed by atoms with Gasteiger partial charge in [-0.05, 0) is 25.5 Å². The van der Waals surface area contributed by atoms with Crippen LogP contribution in [0.25, 0.3) is 11.0 Å². The molecule has 1 aromatic heterocycles. The molecule has 0 unspecified atom stereocenters. The van der Waals surface area contributed by atoms with E-state index in [2.05, 4.69) is 14.9 Å². The Balaban J connectivity index is 1.96. The van der Waals surface area contributed by atoms with Gasteiger partial charge < -0.3 is 15.6 Å². The fourth-order valence-corrected chi connectivity index (χ4v) is 2.34. The quantitative estimate of drug-likeness (QED) is 0.840. The minimum Gasteiger partial charge on any atom is -0.353 e. The molecule has 0 aliphatic carbocycles. The Morgan fingerprint density at radius 2 is 2.20 bits per heavy atom. The zero-order chi connectivity index (χ0) is 14.5. The number of nitrogens with zero attached hydrogens (tertiary/aromatic N) is 2. The number of carbonyl (C=O) groups excluding carboxylic acids is 1. The van der Waals surface area contributed by atoms with E-state index in [0.717, 1.165) is 29.7 Å². The summed E-state index contributed by atoms with van der Waals surface area (Å²) in [6.45, 7) is 5.27. The minimum atomic E-state index is -0.402. The average molecular weight is 274 g/mol. The van der Waals surface area contributed by atoms with Crippen LogP contribution in [0.1, 0.15) is 25.6 Å². The SMILES string of the molecule is CCC[C@H](N)C(=O)NCCn1c(C)nc2ccccc21. The van der Waals surface area contributed by atoms with Gasteiger partial charge in [0.2, 0.25) is 5.91 Å². The van der Waals surface area contributed by atoms with Crippen molar-refractivity contribution in [2.45, 2.75) is 39.3 Å². The van der Waals surface area contributed by atoms with Gasteiger partial charge in [0, 0.05) is 13.1 Å². The summed E-state index contributed by atoms with van der Waals surface area (Å²) in [5.41, 5.74) is 7.86. The molecular weight excluding hydrogens is 252 g/mol. The molecule has 5 nitrogen and oxygen atoms in total.